The fraction of sp³-hybridized carbons (Fsp3) is 0.346. The average Bonchev–Trinajstić information content (AvgIpc) is 3.58. The predicted molar refractivity (Wildman–Crippen MR) is 137 cm³/mol. The molecule has 1 aromatic carbocycles. The summed E-state index contributed by atoms with van der Waals surface area (Å²) in [5.74, 6) is -0.892. The van der Waals surface area contributed by atoms with E-state index in [4.69, 9.17) is 9.72 Å². The number of pyridine rings is 1. The number of benzene rings is 1. The van der Waals surface area contributed by atoms with E-state index in [0.717, 1.165) is 28.1 Å². The molecule has 3 aromatic rings. The van der Waals surface area contributed by atoms with E-state index in [1.807, 2.05) is 41.8 Å². The summed E-state index contributed by atoms with van der Waals surface area (Å²) >= 11 is 1.65. The molecule has 0 saturated carbocycles. The zero-order chi connectivity index (χ0) is 24.6. The average molecular weight is 511 g/mol. The van der Waals surface area contributed by atoms with Crippen LogP contribution in [0.15, 0.2) is 41.8 Å². The van der Waals surface area contributed by atoms with Crippen LogP contribution in [0.25, 0.3) is 22.6 Å². The topological polar surface area (TPSA) is 93.6 Å². The second-order valence-electron chi connectivity index (χ2n) is 8.83. The zero-order valence-corrected chi connectivity index (χ0v) is 21.0. The van der Waals surface area contributed by atoms with Crippen molar-refractivity contribution in [1.82, 2.24) is 9.88 Å². The SMILES string of the molecule is CCN(C(=O)COC(=O)c1c2c(nc3ccccc13)/C(=C/c1cccs1)CC2)C1CCS(=O)(=O)C1. The zero-order valence-electron chi connectivity index (χ0n) is 19.4. The summed E-state index contributed by atoms with van der Waals surface area (Å²) in [5, 5.41) is 2.73. The number of likely N-dealkylation sites (N-methyl/N-ethyl adjacent to an activating group) is 1. The van der Waals surface area contributed by atoms with Crippen molar-refractivity contribution in [2.24, 2.45) is 0 Å². The number of para-hydroxylation sites is 1. The van der Waals surface area contributed by atoms with Crippen molar-refractivity contribution < 1.29 is 22.7 Å². The number of thiophene rings is 1. The number of nitrogens with zero attached hydrogens (tertiary/aromatic N) is 2. The van der Waals surface area contributed by atoms with Crippen LogP contribution in [0.2, 0.25) is 0 Å². The minimum absolute atomic E-state index is 0.0393. The van der Waals surface area contributed by atoms with E-state index in [1.54, 1.807) is 18.3 Å². The van der Waals surface area contributed by atoms with Gasteiger partial charge in [-0.15, -0.1) is 11.3 Å². The molecule has 5 rings (SSSR count). The molecule has 1 saturated heterocycles. The highest BCUT2D eigenvalue weighted by atomic mass is 32.2. The van der Waals surface area contributed by atoms with Crippen molar-refractivity contribution >= 4 is 55.6 Å². The lowest BCUT2D eigenvalue weighted by molar-refractivity contribution is -0.136. The van der Waals surface area contributed by atoms with Crippen LogP contribution in [0.1, 0.15) is 46.3 Å². The van der Waals surface area contributed by atoms with Crippen LogP contribution < -0.4 is 0 Å². The molecule has 3 heterocycles. The summed E-state index contributed by atoms with van der Waals surface area (Å²) in [6, 6.07) is 11.1. The monoisotopic (exact) mass is 510 g/mol. The van der Waals surface area contributed by atoms with Gasteiger partial charge in [0, 0.05) is 22.8 Å². The third-order valence-electron chi connectivity index (χ3n) is 6.64. The van der Waals surface area contributed by atoms with Gasteiger partial charge in [-0.2, -0.15) is 0 Å². The number of hydrogen-bond acceptors (Lipinski definition) is 7. The third kappa shape index (κ3) is 4.75. The van der Waals surface area contributed by atoms with Crippen molar-refractivity contribution in [3.63, 3.8) is 0 Å². The molecule has 1 atom stereocenters. The van der Waals surface area contributed by atoms with Gasteiger partial charge in [0.15, 0.2) is 16.4 Å². The Morgan fingerprint density at radius 1 is 1.20 bits per heavy atom. The smallest absolute Gasteiger partial charge is 0.339 e. The van der Waals surface area contributed by atoms with Crippen molar-refractivity contribution in [1.29, 1.82) is 0 Å². The highest BCUT2D eigenvalue weighted by Crippen LogP contribution is 2.38. The molecule has 9 heteroatoms. The molecule has 2 aliphatic rings. The van der Waals surface area contributed by atoms with Crippen LogP contribution in [0.3, 0.4) is 0 Å². The van der Waals surface area contributed by atoms with Crippen LogP contribution in [0, 0.1) is 0 Å². The number of ether oxygens (including phenoxy) is 1. The number of amides is 1. The molecule has 0 spiro atoms. The number of carbonyl (C=O) groups excluding carboxylic acids is 2. The van der Waals surface area contributed by atoms with Gasteiger partial charge in [-0.05, 0) is 60.9 Å². The second kappa shape index (κ2) is 9.54. The number of hydrogen-bond donors (Lipinski definition) is 0. The van der Waals surface area contributed by atoms with Gasteiger partial charge >= 0.3 is 5.97 Å². The third-order valence-corrected chi connectivity index (χ3v) is 9.21. The number of esters is 1. The van der Waals surface area contributed by atoms with Gasteiger partial charge in [-0.25, -0.2) is 18.2 Å². The normalized spacial score (nSPS) is 19.7. The Labute approximate surface area is 208 Å². The number of aromatic nitrogens is 1. The molecule has 1 aliphatic carbocycles. The number of sulfone groups is 1. The lowest BCUT2D eigenvalue weighted by Gasteiger charge is -2.26. The molecule has 0 bridgehead atoms. The molecule has 35 heavy (non-hydrogen) atoms. The maximum atomic E-state index is 13.3. The fourth-order valence-electron chi connectivity index (χ4n) is 5.00. The minimum atomic E-state index is -3.13. The lowest BCUT2D eigenvalue weighted by atomic mass is 10.0. The van der Waals surface area contributed by atoms with Crippen LogP contribution in [-0.2, 0) is 25.8 Å². The number of allylic oxidation sites excluding steroid dienone is 1. The molecule has 1 unspecified atom stereocenters. The summed E-state index contributed by atoms with van der Waals surface area (Å²) in [5.41, 5.74) is 3.90. The van der Waals surface area contributed by atoms with E-state index in [1.165, 1.54) is 4.90 Å². The minimum Gasteiger partial charge on any atom is -0.452 e. The van der Waals surface area contributed by atoms with Crippen LogP contribution in [0.5, 0.6) is 0 Å². The Hall–Kier alpha value is -3.04. The van der Waals surface area contributed by atoms with Gasteiger partial charge in [0.25, 0.3) is 5.91 Å². The number of carbonyl (C=O) groups is 2. The molecular formula is C26H26N2O5S2. The highest BCUT2D eigenvalue weighted by molar-refractivity contribution is 7.91. The number of rotatable bonds is 6. The second-order valence-corrected chi connectivity index (χ2v) is 12.0. The molecule has 182 valence electrons. The van der Waals surface area contributed by atoms with Crippen molar-refractivity contribution in [2.75, 3.05) is 24.7 Å². The first-order chi connectivity index (χ1) is 16.9. The Kier molecular flexibility index (Phi) is 6.46. The Balaban J connectivity index is 1.42. The van der Waals surface area contributed by atoms with E-state index < -0.39 is 22.4 Å². The van der Waals surface area contributed by atoms with Crippen LogP contribution >= 0.6 is 11.3 Å². The first kappa shape index (κ1) is 23.7. The maximum absolute atomic E-state index is 13.3. The summed E-state index contributed by atoms with van der Waals surface area (Å²) in [4.78, 5) is 33.7. The van der Waals surface area contributed by atoms with E-state index >= 15 is 0 Å². The molecule has 1 aliphatic heterocycles. The Bertz CT molecular complexity index is 1430. The van der Waals surface area contributed by atoms with E-state index in [2.05, 4.69) is 6.08 Å². The molecule has 2 aromatic heterocycles. The first-order valence-corrected chi connectivity index (χ1v) is 14.4. The van der Waals surface area contributed by atoms with Crippen molar-refractivity contribution in [3.05, 3.63) is 63.5 Å². The van der Waals surface area contributed by atoms with Gasteiger partial charge in [0.05, 0.1) is 28.3 Å². The predicted octanol–water partition coefficient (Wildman–Crippen LogP) is 3.98. The molecule has 7 nitrogen and oxygen atoms in total. The van der Waals surface area contributed by atoms with Crippen LogP contribution in [-0.4, -0.2) is 60.9 Å². The molecule has 1 amide bonds. The molecule has 1 fully saturated rings. The molecule has 0 N–H and O–H groups in total. The largest absolute Gasteiger partial charge is 0.452 e. The Morgan fingerprint density at radius 3 is 2.74 bits per heavy atom. The number of fused-ring (bicyclic) bond motifs is 2. The maximum Gasteiger partial charge on any atom is 0.339 e. The summed E-state index contributed by atoms with van der Waals surface area (Å²) < 4.78 is 29.3. The van der Waals surface area contributed by atoms with Gasteiger partial charge in [0.1, 0.15) is 0 Å². The summed E-state index contributed by atoms with van der Waals surface area (Å²) in [6.45, 7) is 1.74. The van der Waals surface area contributed by atoms with Gasteiger partial charge in [-0.3, -0.25) is 4.79 Å². The van der Waals surface area contributed by atoms with E-state index in [9.17, 15) is 18.0 Å². The van der Waals surface area contributed by atoms with Gasteiger partial charge in [0.2, 0.25) is 0 Å². The summed E-state index contributed by atoms with van der Waals surface area (Å²) in [7, 11) is -3.13. The van der Waals surface area contributed by atoms with E-state index in [-0.39, 0.29) is 23.5 Å². The van der Waals surface area contributed by atoms with Crippen molar-refractivity contribution in [2.45, 2.75) is 32.2 Å². The van der Waals surface area contributed by atoms with Gasteiger partial charge < -0.3 is 9.64 Å². The lowest BCUT2D eigenvalue weighted by Crippen LogP contribution is -2.43. The van der Waals surface area contributed by atoms with Gasteiger partial charge in [-0.1, -0.05) is 24.3 Å². The standard InChI is InChI=1S/C26H26N2O5S2/c1-2-28(18-11-13-35(31,32)16-18)23(29)15-33-26(30)24-20-7-3-4-8-22(20)27-25-17(9-10-21(24)25)14-19-6-5-12-34-19/h3-8,12,14,18H,2,9-11,13,15-16H2,1H3/b17-14+. The van der Waals surface area contributed by atoms with Crippen LogP contribution in [0.4, 0.5) is 0 Å². The molecular weight excluding hydrogens is 484 g/mol. The summed E-state index contributed by atoms with van der Waals surface area (Å²) in [6.07, 6.45) is 3.97. The first-order valence-electron chi connectivity index (χ1n) is 11.7. The van der Waals surface area contributed by atoms with E-state index in [0.29, 0.717) is 35.9 Å². The molecule has 0 radical (unpaired) electrons. The quantitative estimate of drug-likeness (QED) is 0.466. The van der Waals surface area contributed by atoms with Crippen molar-refractivity contribution in [3.8, 4) is 0 Å². The fourth-order valence-corrected chi connectivity index (χ4v) is 7.41. The Morgan fingerprint density at radius 2 is 2.03 bits per heavy atom. The highest BCUT2D eigenvalue weighted by Gasteiger charge is 2.34.